The number of unbranched alkanes of at least 4 members (excludes halogenated alkanes) is 1. The van der Waals surface area contributed by atoms with Gasteiger partial charge in [-0.3, -0.25) is 14.5 Å². The zero-order valence-electron chi connectivity index (χ0n) is 28.0. The molecule has 0 saturated heterocycles. The molecule has 1 aromatic rings. The third-order valence-corrected chi connectivity index (χ3v) is 6.64. The number of ether oxygens (including phenoxy) is 1. The summed E-state index contributed by atoms with van der Waals surface area (Å²) in [5.41, 5.74) is -3.88. The molecular weight excluding hydrogens is 580 g/mol. The minimum atomic E-state index is -2.33. The fourth-order valence-electron chi connectivity index (χ4n) is 5.50. The molecule has 1 aromatic carbocycles. The number of hydrogen-bond acceptors (Lipinski definition) is 7. The Balaban J connectivity index is 3.22. The fourth-order valence-corrected chi connectivity index (χ4v) is 5.50. The highest BCUT2D eigenvalue weighted by Gasteiger charge is 2.58. The van der Waals surface area contributed by atoms with E-state index in [-0.39, 0.29) is 13.0 Å². The topological polar surface area (TPSA) is 174 Å². The van der Waals surface area contributed by atoms with Gasteiger partial charge >= 0.3 is 23.9 Å². The predicted molar refractivity (Wildman–Crippen MR) is 172 cm³/mol. The maximum atomic E-state index is 14.1. The second kappa shape index (κ2) is 15.8. The fraction of sp³-hybridized carbons (Fsp3) is 0.606. The second-order valence-electron chi connectivity index (χ2n) is 13.9. The van der Waals surface area contributed by atoms with Gasteiger partial charge in [-0.1, -0.05) is 12.0 Å². The number of nitrogens with one attached hydrogen (secondary N) is 3. The first kappa shape index (κ1) is 38.9. The van der Waals surface area contributed by atoms with Crippen molar-refractivity contribution in [3.05, 3.63) is 29.8 Å². The van der Waals surface area contributed by atoms with Crippen molar-refractivity contribution in [2.24, 2.45) is 0 Å². The van der Waals surface area contributed by atoms with Crippen LogP contribution in [0.5, 0.6) is 0 Å². The molecule has 2 atom stereocenters. The van der Waals surface area contributed by atoms with E-state index in [0.717, 1.165) is 0 Å². The largest absolute Gasteiger partial charge is 0.481 e. The first-order valence-electron chi connectivity index (χ1n) is 15.0. The third-order valence-electron chi connectivity index (χ3n) is 6.64. The maximum absolute atomic E-state index is 14.1. The summed E-state index contributed by atoms with van der Waals surface area (Å²) in [6, 6.07) is 5.13. The average molecular weight is 631 g/mol. The number of carboxylic acids is 2. The number of carbonyl (C=O) groups is 5. The van der Waals surface area contributed by atoms with Gasteiger partial charge in [-0.15, -0.1) is 6.42 Å². The summed E-state index contributed by atoms with van der Waals surface area (Å²) in [5, 5.41) is 28.1. The maximum Gasteiger partial charge on any atom is 0.334 e. The zero-order valence-corrected chi connectivity index (χ0v) is 28.0. The molecule has 0 aliphatic carbocycles. The van der Waals surface area contributed by atoms with Gasteiger partial charge in [0, 0.05) is 35.3 Å². The van der Waals surface area contributed by atoms with E-state index < -0.39 is 70.9 Å². The second-order valence-corrected chi connectivity index (χ2v) is 13.9. The Morgan fingerprint density at radius 1 is 0.956 bits per heavy atom. The number of esters is 1. The number of carbonyl (C=O) groups excluding carboxylic acids is 3. The number of amides is 3. The molecule has 250 valence electrons. The summed E-state index contributed by atoms with van der Waals surface area (Å²) < 4.78 is 5.55. The van der Waals surface area contributed by atoms with E-state index in [1.807, 2.05) is 0 Å². The average Bonchev–Trinajstić information content (AvgIpc) is 2.87. The number of rotatable bonds is 14. The normalized spacial score (nSPS) is 14.0. The number of urea groups is 1. The van der Waals surface area contributed by atoms with Crippen LogP contribution < -0.4 is 16.0 Å². The van der Waals surface area contributed by atoms with Crippen LogP contribution in [-0.2, 0) is 23.9 Å². The SMILES string of the molecule is C#Cc1cccc(NC(=O)NCCCC[C@H](NC(=O)C(CCC(=O)O)(C(=O)O)N(C(C)(C)C)C(C)(C)C)C(=O)OC(C)(C)C)c1. The van der Waals surface area contributed by atoms with E-state index in [4.69, 9.17) is 11.2 Å². The van der Waals surface area contributed by atoms with E-state index in [1.165, 1.54) is 4.90 Å². The molecule has 0 saturated carbocycles. The van der Waals surface area contributed by atoms with Crippen LogP contribution in [0.25, 0.3) is 0 Å². The van der Waals surface area contributed by atoms with E-state index >= 15 is 0 Å². The van der Waals surface area contributed by atoms with Crippen molar-refractivity contribution in [2.75, 3.05) is 11.9 Å². The van der Waals surface area contributed by atoms with Gasteiger partial charge in [0.25, 0.3) is 5.91 Å². The van der Waals surface area contributed by atoms with Gasteiger partial charge in [0.2, 0.25) is 0 Å². The minimum Gasteiger partial charge on any atom is -0.481 e. The van der Waals surface area contributed by atoms with Crippen LogP contribution in [0.2, 0.25) is 0 Å². The molecule has 0 aliphatic heterocycles. The molecular formula is C33H50N4O8. The van der Waals surface area contributed by atoms with E-state index in [9.17, 15) is 34.2 Å². The Hall–Kier alpha value is -4.11. The van der Waals surface area contributed by atoms with Crippen LogP contribution in [0, 0.1) is 12.3 Å². The summed E-state index contributed by atoms with van der Waals surface area (Å²) in [5.74, 6) is -2.07. The lowest BCUT2D eigenvalue weighted by molar-refractivity contribution is -0.175. The van der Waals surface area contributed by atoms with Gasteiger partial charge in [-0.25, -0.2) is 14.4 Å². The van der Waals surface area contributed by atoms with Crippen molar-refractivity contribution in [3.8, 4) is 12.3 Å². The monoisotopic (exact) mass is 630 g/mol. The molecule has 12 heteroatoms. The first-order valence-corrected chi connectivity index (χ1v) is 15.0. The van der Waals surface area contributed by atoms with Crippen LogP contribution in [0.3, 0.4) is 0 Å². The molecule has 5 N–H and O–H groups in total. The Morgan fingerprint density at radius 2 is 1.56 bits per heavy atom. The lowest BCUT2D eigenvalue weighted by Crippen LogP contribution is -2.73. The lowest BCUT2D eigenvalue weighted by Gasteiger charge is -2.54. The molecule has 0 spiro atoms. The molecule has 0 aliphatic rings. The van der Waals surface area contributed by atoms with Crippen molar-refractivity contribution < 1.29 is 38.9 Å². The summed E-state index contributed by atoms with van der Waals surface area (Å²) in [6.07, 6.45) is 5.12. The van der Waals surface area contributed by atoms with Crippen LogP contribution >= 0.6 is 0 Å². The highest BCUT2D eigenvalue weighted by molar-refractivity contribution is 6.08. The molecule has 3 amide bonds. The number of nitrogens with zero attached hydrogens (tertiary/aromatic N) is 1. The van der Waals surface area contributed by atoms with Crippen molar-refractivity contribution >= 4 is 35.5 Å². The van der Waals surface area contributed by atoms with E-state index in [0.29, 0.717) is 24.1 Å². The number of hydrogen-bond donors (Lipinski definition) is 5. The number of benzene rings is 1. The molecule has 0 fully saturated rings. The Morgan fingerprint density at radius 3 is 2.04 bits per heavy atom. The van der Waals surface area contributed by atoms with E-state index in [2.05, 4.69) is 21.9 Å². The van der Waals surface area contributed by atoms with Gasteiger partial charge in [0.1, 0.15) is 11.6 Å². The van der Waals surface area contributed by atoms with Crippen LogP contribution in [0.4, 0.5) is 10.5 Å². The van der Waals surface area contributed by atoms with E-state index in [1.54, 1.807) is 86.6 Å². The molecule has 1 unspecified atom stereocenters. The highest BCUT2D eigenvalue weighted by Crippen LogP contribution is 2.37. The summed E-state index contributed by atoms with van der Waals surface area (Å²) in [6.45, 7) is 15.7. The number of carboxylic acid groups (broad SMARTS) is 2. The molecule has 0 radical (unpaired) electrons. The zero-order chi connectivity index (χ0) is 34.8. The first-order chi connectivity index (χ1) is 20.5. The highest BCUT2D eigenvalue weighted by atomic mass is 16.6. The Labute approximate surface area is 266 Å². The number of anilines is 1. The standard InChI is InChI=1S/C33H50N4O8/c1-11-22-15-14-16-23(21-22)35-29(44)34-20-13-12-17-24(26(40)45-32(8,9)10)36-27(41)33(28(42)43,19-18-25(38)39)37(30(2,3)4)31(5,6)7/h1,14-16,21,24H,12-13,17-20H2,2-10H3,(H,36,41)(H,38,39)(H,42,43)(H2,34,35,44)/t24-,33?/m0/s1. The molecule has 0 heterocycles. The number of terminal acetylenes is 1. The van der Waals surface area contributed by atoms with Crippen molar-refractivity contribution in [3.63, 3.8) is 0 Å². The molecule has 0 aromatic heterocycles. The summed E-state index contributed by atoms with van der Waals surface area (Å²) in [4.78, 5) is 65.9. The minimum absolute atomic E-state index is 0.0772. The van der Waals surface area contributed by atoms with Crippen LogP contribution in [-0.4, -0.2) is 79.8 Å². The van der Waals surface area contributed by atoms with Crippen LogP contribution in [0.15, 0.2) is 24.3 Å². The van der Waals surface area contributed by atoms with Crippen LogP contribution in [0.1, 0.15) is 100.0 Å². The Bertz CT molecular complexity index is 1250. The van der Waals surface area contributed by atoms with Crippen molar-refractivity contribution in [2.45, 2.75) is 123 Å². The van der Waals surface area contributed by atoms with Crippen molar-refractivity contribution in [1.29, 1.82) is 0 Å². The van der Waals surface area contributed by atoms with Gasteiger partial charge in [-0.05, 0) is 106 Å². The Kier molecular flexibility index (Phi) is 13.6. The third kappa shape index (κ3) is 12.1. The predicted octanol–water partition coefficient (Wildman–Crippen LogP) is 4.37. The van der Waals surface area contributed by atoms with Gasteiger partial charge in [-0.2, -0.15) is 0 Å². The smallest absolute Gasteiger partial charge is 0.334 e. The molecule has 1 rings (SSSR count). The quantitative estimate of drug-likeness (QED) is 0.0865. The summed E-state index contributed by atoms with van der Waals surface area (Å²) in [7, 11) is 0. The van der Waals surface area contributed by atoms with Gasteiger partial charge in [0.15, 0.2) is 5.54 Å². The van der Waals surface area contributed by atoms with Gasteiger partial charge in [0.05, 0.1) is 0 Å². The lowest BCUT2D eigenvalue weighted by atomic mass is 9.80. The molecule has 0 bridgehead atoms. The van der Waals surface area contributed by atoms with Crippen molar-refractivity contribution in [1.82, 2.24) is 15.5 Å². The number of aliphatic carboxylic acids is 2. The molecule has 45 heavy (non-hydrogen) atoms. The molecule has 12 nitrogen and oxygen atoms in total. The van der Waals surface area contributed by atoms with Gasteiger partial charge < -0.3 is 30.9 Å². The summed E-state index contributed by atoms with van der Waals surface area (Å²) >= 11 is 0.